The molecule has 1 fully saturated rings. The molecule has 18 heavy (non-hydrogen) atoms. The van der Waals surface area contributed by atoms with E-state index >= 15 is 0 Å². The van der Waals surface area contributed by atoms with Crippen molar-refractivity contribution in [2.45, 2.75) is 57.8 Å². The van der Waals surface area contributed by atoms with Crippen molar-refractivity contribution >= 4 is 5.91 Å². The number of halogens is 3. The normalized spacial score (nSPS) is 25.6. The van der Waals surface area contributed by atoms with Crippen LogP contribution >= 0.6 is 0 Å². The minimum Gasteiger partial charge on any atom is -0.330 e. The van der Waals surface area contributed by atoms with Crippen molar-refractivity contribution in [1.29, 1.82) is 0 Å². The van der Waals surface area contributed by atoms with Gasteiger partial charge in [0.1, 0.15) is 6.04 Å². The molecule has 0 radical (unpaired) electrons. The van der Waals surface area contributed by atoms with E-state index in [0.717, 1.165) is 4.90 Å². The van der Waals surface area contributed by atoms with E-state index in [4.69, 9.17) is 5.73 Å². The van der Waals surface area contributed by atoms with Crippen molar-refractivity contribution in [1.82, 2.24) is 4.90 Å². The SMILES string of the molecule is CC(C)C(=O)N1C(CCN)CCCC1C(F)(F)F. The standard InChI is InChI=1S/C12H21F3N2O/c1-8(2)11(18)17-9(6-7-16)4-3-5-10(17)12(13,14)15/h8-10H,3-7,16H2,1-2H3. The summed E-state index contributed by atoms with van der Waals surface area (Å²) in [6.07, 6.45) is -2.80. The number of likely N-dealkylation sites (tertiary alicyclic amines) is 1. The molecular weight excluding hydrogens is 245 g/mol. The van der Waals surface area contributed by atoms with Crippen LogP contribution in [0.5, 0.6) is 0 Å². The Morgan fingerprint density at radius 1 is 1.39 bits per heavy atom. The summed E-state index contributed by atoms with van der Waals surface area (Å²) < 4.78 is 39.0. The molecule has 1 saturated heterocycles. The van der Waals surface area contributed by atoms with Crippen molar-refractivity contribution in [3.8, 4) is 0 Å². The highest BCUT2D eigenvalue weighted by atomic mass is 19.4. The lowest BCUT2D eigenvalue weighted by atomic mass is 9.91. The molecule has 2 atom stereocenters. The van der Waals surface area contributed by atoms with E-state index in [2.05, 4.69) is 0 Å². The molecule has 0 aromatic rings. The van der Waals surface area contributed by atoms with Gasteiger partial charge in [0.2, 0.25) is 5.91 Å². The fourth-order valence-electron chi connectivity index (χ4n) is 2.51. The van der Waals surface area contributed by atoms with E-state index in [1.807, 2.05) is 0 Å². The lowest BCUT2D eigenvalue weighted by molar-refractivity contribution is -0.204. The zero-order chi connectivity index (χ0) is 13.9. The maximum Gasteiger partial charge on any atom is 0.408 e. The summed E-state index contributed by atoms with van der Waals surface area (Å²) in [5.74, 6) is -0.844. The molecule has 1 heterocycles. The molecule has 1 aliphatic rings. The Balaban J connectivity index is 2.97. The molecule has 2 N–H and O–H groups in total. The van der Waals surface area contributed by atoms with Crippen LogP contribution in [-0.4, -0.2) is 35.6 Å². The molecule has 1 amide bonds. The quantitative estimate of drug-likeness (QED) is 0.852. The Morgan fingerprint density at radius 3 is 2.44 bits per heavy atom. The molecule has 3 nitrogen and oxygen atoms in total. The number of piperidine rings is 1. The summed E-state index contributed by atoms with van der Waals surface area (Å²) in [4.78, 5) is 13.1. The number of hydrogen-bond donors (Lipinski definition) is 1. The molecule has 6 heteroatoms. The summed E-state index contributed by atoms with van der Waals surface area (Å²) in [6.45, 7) is 3.56. The Hall–Kier alpha value is -0.780. The summed E-state index contributed by atoms with van der Waals surface area (Å²) in [5, 5.41) is 0. The second-order valence-corrected chi connectivity index (χ2v) is 5.12. The molecule has 2 unspecified atom stereocenters. The van der Waals surface area contributed by atoms with E-state index in [-0.39, 0.29) is 12.5 Å². The van der Waals surface area contributed by atoms with Crippen molar-refractivity contribution in [3.63, 3.8) is 0 Å². The third-order valence-corrected chi connectivity index (χ3v) is 3.37. The molecule has 106 valence electrons. The molecule has 0 aromatic carbocycles. The largest absolute Gasteiger partial charge is 0.408 e. The first-order chi connectivity index (χ1) is 8.29. The van der Waals surface area contributed by atoms with Gasteiger partial charge in [-0.1, -0.05) is 13.8 Å². The van der Waals surface area contributed by atoms with Crippen LogP contribution < -0.4 is 5.73 Å². The molecule has 0 spiro atoms. The van der Waals surface area contributed by atoms with Gasteiger partial charge in [0.25, 0.3) is 0 Å². The highest BCUT2D eigenvalue weighted by Gasteiger charge is 2.49. The topological polar surface area (TPSA) is 46.3 Å². The lowest BCUT2D eigenvalue weighted by Gasteiger charge is -2.43. The summed E-state index contributed by atoms with van der Waals surface area (Å²) in [6, 6.07) is -2.01. The number of nitrogens with zero attached hydrogens (tertiary/aromatic N) is 1. The fraction of sp³-hybridized carbons (Fsp3) is 0.917. The van der Waals surface area contributed by atoms with Gasteiger partial charge in [-0.3, -0.25) is 4.79 Å². The Labute approximate surface area is 106 Å². The maximum atomic E-state index is 13.0. The van der Waals surface area contributed by atoms with Crippen molar-refractivity contribution in [3.05, 3.63) is 0 Å². The van der Waals surface area contributed by atoms with Crippen LogP contribution in [0.4, 0.5) is 13.2 Å². The number of nitrogens with two attached hydrogens (primary N) is 1. The predicted octanol–water partition coefficient (Wildman–Crippen LogP) is 2.30. The number of carbonyl (C=O) groups is 1. The number of alkyl halides is 3. The molecule has 1 aliphatic heterocycles. The van der Waals surface area contributed by atoms with Gasteiger partial charge in [0, 0.05) is 12.0 Å². The van der Waals surface area contributed by atoms with Crippen LogP contribution in [0, 0.1) is 5.92 Å². The lowest BCUT2D eigenvalue weighted by Crippen LogP contribution is -2.57. The monoisotopic (exact) mass is 266 g/mol. The highest BCUT2D eigenvalue weighted by Crippen LogP contribution is 2.36. The predicted molar refractivity (Wildman–Crippen MR) is 62.8 cm³/mol. The van der Waals surface area contributed by atoms with E-state index in [0.29, 0.717) is 25.8 Å². The zero-order valence-electron chi connectivity index (χ0n) is 10.8. The number of amides is 1. The summed E-state index contributed by atoms with van der Waals surface area (Å²) >= 11 is 0. The van der Waals surface area contributed by atoms with Crippen LogP contribution in [0.15, 0.2) is 0 Å². The fourth-order valence-corrected chi connectivity index (χ4v) is 2.51. The molecule has 0 aromatic heterocycles. The smallest absolute Gasteiger partial charge is 0.330 e. The second kappa shape index (κ2) is 5.91. The first-order valence-electron chi connectivity index (χ1n) is 6.38. The third-order valence-electron chi connectivity index (χ3n) is 3.37. The van der Waals surface area contributed by atoms with Crippen LogP contribution in [0.1, 0.15) is 39.5 Å². The molecule has 0 bridgehead atoms. The summed E-state index contributed by atoms with van der Waals surface area (Å²) in [5.41, 5.74) is 5.43. The number of rotatable bonds is 3. The van der Waals surface area contributed by atoms with Gasteiger partial charge in [-0.2, -0.15) is 13.2 Å². The first-order valence-corrected chi connectivity index (χ1v) is 6.38. The minimum absolute atomic E-state index is 0.00301. The van der Waals surface area contributed by atoms with Gasteiger partial charge < -0.3 is 10.6 Å². The third kappa shape index (κ3) is 3.37. The molecular formula is C12H21F3N2O. The first kappa shape index (κ1) is 15.3. The molecule has 0 saturated carbocycles. The Morgan fingerprint density at radius 2 is 2.00 bits per heavy atom. The Bertz CT molecular complexity index is 290. The second-order valence-electron chi connectivity index (χ2n) is 5.12. The van der Waals surface area contributed by atoms with Gasteiger partial charge >= 0.3 is 6.18 Å². The van der Waals surface area contributed by atoms with Gasteiger partial charge in [0.05, 0.1) is 0 Å². The van der Waals surface area contributed by atoms with Crippen LogP contribution in [-0.2, 0) is 4.79 Å². The number of carbonyl (C=O) groups excluding carboxylic acids is 1. The number of hydrogen-bond acceptors (Lipinski definition) is 2. The van der Waals surface area contributed by atoms with E-state index in [1.165, 1.54) is 0 Å². The molecule has 0 aliphatic carbocycles. The average Bonchev–Trinajstić information content (AvgIpc) is 2.27. The Kier molecular flexibility index (Phi) is 5.01. The van der Waals surface area contributed by atoms with Gasteiger partial charge in [-0.25, -0.2) is 0 Å². The van der Waals surface area contributed by atoms with E-state index < -0.39 is 24.0 Å². The van der Waals surface area contributed by atoms with Crippen LogP contribution in [0.3, 0.4) is 0 Å². The van der Waals surface area contributed by atoms with Crippen molar-refractivity contribution in [2.75, 3.05) is 6.54 Å². The van der Waals surface area contributed by atoms with Crippen LogP contribution in [0.25, 0.3) is 0 Å². The van der Waals surface area contributed by atoms with Gasteiger partial charge in [-0.05, 0) is 32.2 Å². The van der Waals surface area contributed by atoms with Crippen LogP contribution in [0.2, 0.25) is 0 Å². The molecule has 1 rings (SSSR count). The van der Waals surface area contributed by atoms with E-state index in [1.54, 1.807) is 13.8 Å². The van der Waals surface area contributed by atoms with Gasteiger partial charge in [-0.15, -0.1) is 0 Å². The van der Waals surface area contributed by atoms with E-state index in [9.17, 15) is 18.0 Å². The zero-order valence-corrected chi connectivity index (χ0v) is 10.8. The minimum atomic E-state index is -4.35. The van der Waals surface area contributed by atoms with Crippen molar-refractivity contribution in [2.24, 2.45) is 11.7 Å². The summed E-state index contributed by atoms with van der Waals surface area (Å²) in [7, 11) is 0. The maximum absolute atomic E-state index is 13.0. The van der Waals surface area contributed by atoms with Gasteiger partial charge in [0.15, 0.2) is 0 Å². The highest BCUT2D eigenvalue weighted by molar-refractivity contribution is 5.79. The average molecular weight is 266 g/mol. The van der Waals surface area contributed by atoms with Crippen molar-refractivity contribution < 1.29 is 18.0 Å².